The summed E-state index contributed by atoms with van der Waals surface area (Å²) in [5.74, 6) is 0.0646. The number of ether oxygens (including phenoxy) is 2. The van der Waals surface area contributed by atoms with Crippen molar-refractivity contribution in [2.24, 2.45) is 0 Å². The van der Waals surface area contributed by atoms with Gasteiger partial charge in [0.2, 0.25) is 0 Å². The Morgan fingerprint density at radius 3 is 2.79 bits per heavy atom. The molecule has 4 rings (SSSR count). The van der Waals surface area contributed by atoms with Crippen LogP contribution in [0.1, 0.15) is 12.8 Å². The number of nitrogens with one attached hydrogen (secondary N) is 1. The predicted molar refractivity (Wildman–Crippen MR) is 107 cm³/mol. The Balaban J connectivity index is 1.51. The van der Waals surface area contributed by atoms with Gasteiger partial charge in [0.15, 0.2) is 12.0 Å². The van der Waals surface area contributed by atoms with Crippen molar-refractivity contribution in [3.8, 4) is 22.8 Å². The van der Waals surface area contributed by atoms with Gasteiger partial charge in [-0.05, 0) is 12.8 Å². The minimum atomic E-state index is -0.358. The van der Waals surface area contributed by atoms with Crippen molar-refractivity contribution in [3.63, 3.8) is 0 Å². The molecule has 2 N–H and O–H groups in total. The van der Waals surface area contributed by atoms with Crippen LogP contribution in [0.25, 0.3) is 22.3 Å². The largest absolute Gasteiger partial charge is 0.507 e. The zero-order valence-electron chi connectivity index (χ0n) is 15.7. The fourth-order valence-electron chi connectivity index (χ4n) is 3.30. The average Bonchev–Trinajstić information content (AvgIpc) is 3.24. The van der Waals surface area contributed by atoms with E-state index in [4.69, 9.17) is 13.9 Å². The maximum atomic E-state index is 12.4. The van der Waals surface area contributed by atoms with Crippen LogP contribution in [0.15, 0.2) is 57.7 Å². The minimum Gasteiger partial charge on any atom is -0.507 e. The monoisotopic (exact) mass is 395 g/mol. The molecule has 2 heterocycles. The third-order valence-corrected chi connectivity index (χ3v) is 4.76. The van der Waals surface area contributed by atoms with Crippen LogP contribution in [0.3, 0.4) is 0 Å². The quantitative estimate of drug-likeness (QED) is 0.666. The van der Waals surface area contributed by atoms with Crippen molar-refractivity contribution in [2.45, 2.75) is 18.9 Å². The molecule has 0 saturated carbocycles. The number of amides is 1. The number of aromatic hydroxyl groups is 1. The zero-order chi connectivity index (χ0) is 20.2. The van der Waals surface area contributed by atoms with Crippen LogP contribution in [0.4, 0.5) is 0 Å². The van der Waals surface area contributed by atoms with E-state index in [2.05, 4.69) is 5.32 Å². The first-order valence-electron chi connectivity index (χ1n) is 9.47. The molecule has 1 aromatic heterocycles. The van der Waals surface area contributed by atoms with E-state index in [1.165, 1.54) is 18.2 Å². The van der Waals surface area contributed by atoms with Gasteiger partial charge in [-0.1, -0.05) is 30.3 Å². The number of fused-ring (bicyclic) bond motifs is 1. The summed E-state index contributed by atoms with van der Waals surface area (Å²) in [6.07, 6.45) is 1.99. The molecular formula is C22H21NO6. The summed E-state index contributed by atoms with van der Waals surface area (Å²) in [5.41, 5.74) is 0.570. The normalized spacial score (nSPS) is 16.1. The Morgan fingerprint density at radius 2 is 2.03 bits per heavy atom. The molecule has 0 spiro atoms. The van der Waals surface area contributed by atoms with Crippen LogP contribution >= 0.6 is 0 Å². The van der Waals surface area contributed by atoms with Crippen molar-refractivity contribution in [1.82, 2.24) is 5.32 Å². The highest BCUT2D eigenvalue weighted by Crippen LogP contribution is 2.31. The summed E-state index contributed by atoms with van der Waals surface area (Å²) >= 11 is 0. The number of hydrogen-bond acceptors (Lipinski definition) is 6. The van der Waals surface area contributed by atoms with E-state index < -0.39 is 0 Å². The van der Waals surface area contributed by atoms with Crippen LogP contribution < -0.4 is 15.5 Å². The number of benzene rings is 2. The highest BCUT2D eigenvalue weighted by molar-refractivity contribution is 5.86. The van der Waals surface area contributed by atoms with Crippen LogP contribution in [0.5, 0.6) is 11.5 Å². The van der Waals surface area contributed by atoms with E-state index in [0.29, 0.717) is 12.3 Å². The SMILES string of the molecule is O=C(COc1cc(O)c2c(=O)cc(-c3ccccc3)oc2c1)NC[C@@H]1CCCO1. The molecule has 1 atom stereocenters. The van der Waals surface area contributed by atoms with Gasteiger partial charge in [-0.15, -0.1) is 0 Å². The van der Waals surface area contributed by atoms with Gasteiger partial charge in [0.1, 0.15) is 28.2 Å². The Labute approximate surface area is 166 Å². The average molecular weight is 395 g/mol. The molecule has 0 radical (unpaired) electrons. The molecule has 7 nitrogen and oxygen atoms in total. The Kier molecular flexibility index (Phi) is 5.48. The van der Waals surface area contributed by atoms with Crippen molar-refractivity contribution in [3.05, 3.63) is 58.8 Å². The van der Waals surface area contributed by atoms with Gasteiger partial charge in [0.25, 0.3) is 5.91 Å². The first kappa shape index (κ1) is 19.0. The summed E-state index contributed by atoms with van der Waals surface area (Å²) in [7, 11) is 0. The summed E-state index contributed by atoms with van der Waals surface area (Å²) < 4.78 is 16.8. The van der Waals surface area contributed by atoms with Crippen molar-refractivity contribution >= 4 is 16.9 Å². The van der Waals surface area contributed by atoms with Crippen LogP contribution in [0.2, 0.25) is 0 Å². The van der Waals surface area contributed by atoms with Gasteiger partial charge in [0.05, 0.1) is 6.10 Å². The molecule has 1 saturated heterocycles. The van der Waals surface area contributed by atoms with Crippen molar-refractivity contribution in [2.75, 3.05) is 19.8 Å². The predicted octanol–water partition coefficient (Wildman–Crippen LogP) is 2.84. The molecule has 1 aliphatic rings. The maximum Gasteiger partial charge on any atom is 0.258 e. The topological polar surface area (TPSA) is 98.0 Å². The maximum absolute atomic E-state index is 12.4. The minimum absolute atomic E-state index is 0.0503. The number of phenolic OH excluding ortho intramolecular Hbond substituents is 1. The van der Waals surface area contributed by atoms with Gasteiger partial charge < -0.3 is 24.3 Å². The smallest absolute Gasteiger partial charge is 0.258 e. The highest BCUT2D eigenvalue weighted by Gasteiger charge is 2.17. The molecule has 1 aliphatic heterocycles. The number of rotatable bonds is 6. The molecule has 29 heavy (non-hydrogen) atoms. The molecule has 7 heteroatoms. The fraction of sp³-hybridized carbons (Fsp3) is 0.273. The van der Waals surface area contributed by atoms with Gasteiger partial charge in [-0.25, -0.2) is 0 Å². The van der Waals surface area contributed by atoms with E-state index in [0.717, 1.165) is 25.0 Å². The lowest BCUT2D eigenvalue weighted by Crippen LogP contribution is -2.35. The molecule has 0 aliphatic carbocycles. The number of carbonyl (C=O) groups excluding carboxylic acids is 1. The lowest BCUT2D eigenvalue weighted by atomic mass is 10.1. The number of hydrogen-bond donors (Lipinski definition) is 2. The van der Waals surface area contributed by atoms with Crippen LogP contribution in [0, 0.1) is 0 Å². The summed E-state index contributed by atoms with van der Waals surface area (Å²) in [6.45, 7) is 0.949. The molecule has 2 aromatic carbocycles. The number of carbonyl (C=O) groups is 1. The summed E-state index contributed by atoms with van der Waals surface area (Å²) in [6, 6.07) is 13.3. The van der Waals surface area contributed by atoms with Crippen LogP contribution in [-0.4, -0.2) is 36.9 Å². The standard InChI is InChI=1S/C22H21NO6/c24-17-9-16(28-13-21(26)23-12-15-7-4-8-27-15)10-20-22(17)18(25)11-19(29-20)14-5-2-1-3-6-14/h1-3,5-6,9-11,15,24H,4,7-8,12-13H2,(H,23,26)/t15-/m0/s1. The molecule has 1 amide bonds. The molecule has 0 unspecified atom stereocenters. The van der Waals surface area contributed by atoms with Crippen molar-refractivity contribution in [1.29, 1.82) is 0 Å². The van der Waals surface area contributed by atoms with Gasteiger partial charge >= 0.3 is 0 Å². The van der Waals surface area contributed by atoms with Crippen molar-refractivity contribution < 1.29 is 23.8 Å². The van der Waals surface area contributed by atoms with E-state index >= 15 is 0 Å². The molecule has 1 fully saturated rings. The van der Waals surface area contributed by atoms with Gasteiger partial charge in [-0.3, -0.25) is 9.59 Å². The second kappa shape index (κ2) is 8.36. The highest BCUT2D eigenvalue weighted by atomic mass is 16.5. The molecule has 3 aromatic rings. The number of phenols is 1. The summed E-state index contributed by atoms with van der Waals surface area (Å²) in [4.78, 5) is 24.4. The zero-order valence-corrected chi connectivity index (χ0v) is 15.7. The van der Waals surface area contributed by atoms with E-state index in [1.54, 1.807) is 0 Å². The van der Waals surface area contributed by atoms with Gasteiger partial charge in [-0.2, -0.15) is 0 Å². The van der Waals surface area contributed by atoms with E-state index in [1.807, 2.05) is 30.3 Å². The lowest BCUT2D eigenvalue weighted by molar-refractivity contribution is -0.123. The Morgan fingerprint density at radius 1 is 1.21 bits per heavy atom. The lowest BCUT2D eigenvalue weighted by Gasteiger charge is -2.12. The second-order valence-corrected chi connectivity index (χ2v) is 6.88. The fourth-order valence-corrected chi connectivity index (χ4v) is 3.30. The first-order chi connectivity index (χ1) is 14.1. The van der Waals surface area contributed by atoms with Gasteiger partial charge in [0, 0.05) is 36.9 Å². The van der Waals surface area contributed by atoms with E-state index in [-0.39, 0.29) is 46.5 Å². The summed E-state index contributed by atoms with van der Waals surface area (Å²) in [5, 5.41) is 13.1. The third kappa shape index (κ3) is 4.41. The molecular weight excluding hydrogens is 374 g/mol. The van der Waals surface area contributed by atoms with E-state index in [9.17, 15) is 14.7 Å². The Hall–Kier alpha value is -3.32. The van der Waals surface area contributed by atoms with Crippen LogP contribution in [-0.2, 0) is 9.53 Å². The molecule has 0 bridgehead atoms. The Bertz CT molecular complexity index is 1070. The molecule has 150 valence electrons. The second-order valence-electron chi connectivity index (χ2n) is 6.88. The third-order valence-electron chi connectivity index (χ3n) is 4.76. The first-order valence-corrected chi connectivity index (χ1v) is 9.47.